The maximum Gasteiger partial charge on any atom is 0.227 e. The van der Waals surface area contributed by atoms with Crippen molar-refractivity contribution in [3.63, 3.8) is 0 Å². The van der Waals surface area contributed by atoms with E-state index in [9.17, 15) is 0 Å². The standard InChI is InChI=1S/C13H18N4O/c1-17(2)12-5-3-11(4-6-12)9-14-8-7-13-15-10-16-18-13/h3-6,10,14H,7-9H2,1-2H3. The molecule has 0 atom stereocenters. The zero-order valence-corrected chi connectivity index (χ0v) is 10.8. The summed E-state index contributed by atoms with van der Waals surface area (Å²) in [6, 6.07) is 8.51. The molecule has 0 aliphatic heterocycles. The Hall–Kier alpha value is -1.88. The quantitative estimate of drug-likeness (QED) is 0.782. The smallest absolute Gasteiger partial charge is 0.227 e. The van der Waals surface area contributed by atoms with Crippen LogP contribution in [0.1, 0.15) is 11.5 Å². The molecule has 5 heteroatoms. The molecular weight excluding hydrogens is 228 g/mol. The van der Waals surface area contributed by atoms with Gasteiger partial charge in [-0.15, -0.1) is 0 Å². The number of hydrogen-bond acceptors (Lipinski definition) is 5. The zero-order valence-electron chi connectivity index (χ0n) is 10.8. The van der Waals surface area contributed by atoms with E-state index in [1.54, 1.807) is 0 Å². The summed E-state index contributed by atoms with van der Waals surface area (Å²) in [4.78, 5) is 6.06. The summed E-state index contributed by atoms with van der Waals surface area (Å²) in [6.45, 7) is 1.68. The first-order chi connectivity index (χ1) is 8.75. The molecule has 1 heterocycles. The van der Waals surface area contributed by atoms with Crippen LogP contribution < -0.4 is 10.2 Å². The Labute approximate surface area is 107 Å². The van der Waals surface area contributed by atoms with Crippen molar-refractivity contribution in [2.45, 2.75) is 13.0 Å². The van der Waals surface area contributed by atoms with E-state index in [-0.39, 0.29) is 0 Å². The molecule has 0 amide bonds. The van der Waals surface area contributed by atoms with Crippen molar-refractivity contribution < 1.29 is 4.52 Å². The molecular formula is C13H18N4O. The monoisotopic (exact) mass is 246 g/mol. The van der Waals surface area contributed by atoms with Crippen LogP contribution in [0.2, 0.25) is 0 Å². The second kappa shape index (κ2) is 6.16. The first kappa shape index (κ1) is 12.6. The first-order valence-corrected chi connectivity index (χ1v) is 5.98. The van der Waals surface area contributed by atoms with Crippen LogP contribution >= 0.6 is 0 Å². The van der Waals surface area contributed by atoms with Crippen molar-refractivity contribution >= 4 is 5.69 Å². The van der Waals surface area contributed by atoms with Crippen LogP contribution in [0.3, 0.4) is 0 Å². The summed E-state index contributed by atoms with van der Waals surface area (Å²) in [5, 5.41) is 6.91. The van der Waals surface area contributed by atoms with Gasteiger partial charge >= 0.3 is 0 Å². The van der Waals surface area contributed by atoms with Crippen molar-refractivity contribution in [3.05, 3.63) is 42.0 Å². The van der Waals surface area contributed by atoms with E-state index in [0.29, 0.717) is 5.89 Å². The number of hydrogen-bond donors (Lipinski definition) is 1. The maximum atomic E-state index is 4.92. The third-order valence-electron chi connectivity index (χ3n) is 2.70. The predicted molar refractivity (Wildman–Crippen MR) is 70.5 cm³/mol. The summed E-state index contributed by atoms with van der Waals surface area (Å²) >= 11 is 0. The summed E-state index contributed by atoms with van der Waals surface area (Å²) < 4.78 is 4.92. The highest BCUT2D eigenvalue weighted by Crippen LogP contribution is 2.11. The van der Waals surface area contributed by atoms with Gasteiger partial charge in [-0.05, 0) is 17.7 Å². The molecule has 18 heavy (non-hydrogen) atoms. The number of benzene rings is 1. The molecule has 0 fully saturated rings. The van der Waals surface area contributed by atoms with Crippen molar-refractivity contribution in [3.8, 4) is 0 Å². The second-order valence-electron chi connectivity index (χ2n) is 4.32. The molecule has 2 rings (SSSR count). The Bertz CT molecular complexity index is 450. The molecule has 0 aliphatic carbocycles. The summed E-state index contributed by atoms with van der Waals surface area (Å²) in [7, 11) is 4.08. The lowest BCUT2D eigenvalue weighted by Crippen LogP contribution is -2.17. The Balaban J connectivity index is 1.73. The lowest BCUT2D eigenvalue weighted by Gasteiger charge is -2.12. The lowest BCUT2D eigenvalue weighted by molar-refractivity contribution is 0.375. The van der Waals surface area contributed by atoms with E-state index < -0.39 is 0 Å². The number of nitrogens with one attached hydrogen (secondary N) is 1. The fourth-order valence-corrected chi connectivity index (χ4v) is 1.65. The van der Waals surface area contributed by atoms with Crippen molar-refractivity contribution in [1.29, 1.82) is 0 Å². The number of nitrogens with zero attached hydrogens (tertiary/aromatic N) is 3. The molecule has 0 saturated carbocycles. The van der Waals surface area contributed by atoms with Gasteiger partial charge in [-0.3, -0.25) is 0 Å². The number of rotatable bonds is 6. The molecule has 96 valence electrons. The van der Waals surface area contributed by atoms with E-state index >= 15 is 0 Å². The van der Waals surface area contributed by atoms with Gasteiger partial charge in [0.05, 0.1) is 0 Å². The normalized spacial score (nSPS) is 10.6. The molecule has 0 saturated heterocycles. The Morgan fingerprint density at radius 3 is 2.61 bits per heavy atom. The highest BCUT2D eigenvalue weighted by atomic mass is 16.5. The predicted octanol–water partition coefficient (Wildman–Crippen LogP) is 1.47. The fourth-order valence-electron chi connectivity index (χ4n) is 1.65. The van der Waals surface area contributed by atoms with Crippen molar-refractivity contribution in [2.24, 2.45) is 0 Å². The topological polar surface area (TPSA) is 54.2 Å². The fraction of sp³-hybridized carbons (Fsp3) is 0.385. The third-order valence-corrected chi connectivity index (χ3v) is 2.70. The highest BCUT2D eigenvalue weighted by molar-refractivity contribution is 5.45. The van der Waals surface area contributed by atoms with E-state index in [4.69, 9.17) is 4.52 Å². The SMILES string of the molecule is CN(C)c1ccc(CNCCc2ncno2)cc1. The van der Waals surface area contributed by atoms with Gasteiger partial charge in [0.15, 0.2) is 6.33 Å². The van der Waals surface area contributed by atoms with Gasteiger partial charge in [0, 0.05) is 39.3 Å². The van der Waals surface area contributed by atoms with Gasteiger partial charge in [0.1, 0.15) is 0 Å². The summed E-state index contributed by atoms with van der Waals surface area (Å²) in [6.07, 6.45) is 2.19. The van der Waals surface area contributed by atoms with Crippen LogP contribution in [0.5, 0.6) is 0 Å². The number of aromatic nitrogens is 2. The maximum absolute atomic E-state index is 4.92. The van der Waals surface area contributed by atoms with Crippen molar-refractivity contribution in [1.82, 2.24) is 15.5 Å². The van der Waals surface area contributed by atoms with Gasteiger partial charge in [-0.1, -0.05) is 17.3 Å². The van der Waals surface area contributed by atoms with Gasteiger partial charge in [-0.25, -0.2) is 0 Å². The average molecular weight is 246 g/mol. The van der Waals surface area contributed by atoms with E-state index in [1.807, 2.05) is 14.1 Å². The third kappa shape index (κ3) is 3.56. The minimum absolute atomic E-state index is 0.672. The average Bonchev–Trinajstić information content (AvgIpc) is 2.88. The molecule has 0 bridgehead atoms. The van der Waals surface area contributed by atoms with Gasteiger partial charge in [0.25, 0.3) is 0 Å². The molecule has 5 nitrogen and oxygen atoms in total. The summed E-state index contributed by atoms with van der Waals surface area (Å²) in [5.41, 5.74) is 2.48. The molecule has 2 aromatic rings. The Morgan fingerprint density at radius 1 is 1.22 bits per heavy atom. The molecule has 0 spiro atoms. The lowest BCUT2D eigenvalue weighted by atomic mass is 10.2. The van der Waals surface area contributed by atoms with Gasteiger partial charge in [0.2, 0.25) is 5.89 Å². The largest absolute Gasteiger partial charge is 0.378 e. The molecule has 1 N–H and O–H groups in total. The Kier molecular flexibility index (Phi) is 4.30. The van der Waals surface area contributed by atoms with Crippen molar-refractivity contribution in [2.75, 3.05) is 25.5 Å². The zero-order chi connectivity index (χ0) is 12.8. The number of anilines is 1. The minimum atomic E-state index is 0.672. The van der Waals surface area contributed by atoms with E-state index in [1.165, 1.54) is 17.6 Å². The van der Waals surface area contributed by atoms with Crippen LogP contribution in [0.25, 0.3) is 0 Å². The molecule has 0 unspecified atom stereocenters. The van der Waals surface area contributed by atoms with E-state index in [2.05, 4.69) is 44.6 Å². The minimum Gasteiger partial charge on any atom is -0.378 e. The Morgan fingerprint density at radius 2 is 2.00 bits per heavy atom. The van der Waals surface area contributed by atoms with Crippen LogP contribution in [-0.4, -0.2) is 30.8 Å². The summed E-state index contributed by atoms with van der Waals surface area (Å²) in [5.74, 6) is 0.672. The van der Waals surface area contributed by atoms with Gasteiger partial charge in [-0.2, -0.15) is 4.98 Å². The second-order valence-corrected chi connectivity index (χ2v) is 4.32. The highest BCUT2D eigenvalue weighted by Gasteiger charge is 1.99. The first-order valence-electron chi connectivity index (χ1n) is 5.98. The van der Waals surface area contributed by atoms with Crippen LogP contribution in [0.15, 0.2) is 35.1 Å². The van der Waals surface area contributed by atoms with E-state index in [0.717, 1.165) is 19.5 Å². The van der Waals surface area contributed by atoms with Gasteiger partial charge < -0.3 is 14.7 Å². The molecule has 1 aromatic carbocycles. The molecule has 0 radical (unpaired) electrons. The van der Waals surface area contributed by atoms with Crippen LogP contribution in [0.4, 0.5) is 5.69 Å². The van der Waals surface area contributed by atoms with Crippen LogP contribution in [0, 0.1) is 0 Å². The molecule has 0 aliphatic rings. The van der Waals surface area contributed by atoms with Crippen LogP contribution in [-0.2, 0) is 13.0 Å². The molecule has 1 aromatic heterocycles.